The van der Waals surface area contributed by atoms with Crippen molar-refractivity contribution in [2.45, 2.75) is 13.8 Å². The molecular formula is C19H16BrNO2S2. The Morgan fingerprint density at radius 3 is 2.60 bits per heavy atom. The second-order valence-electron chi connectivity index (χ2n) is 5.48. The maximum atomic E-state index is 12.8. The first-order valence-corrected chi connectivity index (χ1v) is 9.78. The summed E-state index contributed by atoms with van der Waals surface area (Å²) in [6.45, 7) is 4.56. The molecule has 1 aliphatic rings. The fourth-order valence-corrected chi connectivity index (χ4v) is 4.22. The highest BCUT2D eigenvalue weighted by Gasteiger charge is 2.33. The molecule has 0 N–H and O–H groups in total. The lowest BCUT2D eigenvalue weighted by Crippen LogP contribution is -2.27. The standard InChI is InChI=1S/C19H16BrNO2S2/c1-3-23-16-9-6-13(10-15(16)20)11-17-18(22)21(19(24)25-17)14-7-4-12(2)5-8-14/h4-11H,3H2,1-2H3/b17-11+. The van der Waals surface area contributed by atoms with E-state index in [4.69, 9.17) is 17.0 Å². The smallest absolute Gasteiger partial charge is 0.270 e. The van der Waals surface area contributed by atoms with E-state index in [9.17, 15) is 4.79 Å². The number of hydrogen-bond acceptors (Lipinski definition) is 4. The van der Waals surface area contributed by atoms with Crippen molar-refractivity contribution in [2.75, 3.05) is 11.5 Å². The largest absolute Gasteiger partial charge is 0.493 e. The third-order valence-corrected chi connectivity index (χ3v) is 5.56. The quantitative estimate of drug-likeness (QED) is 0.465. The number of hydrogen-bond donors (Lipinski definition) is 0. The van der Waals surface area contributed by atoms with Gasteiger partial charge in [0.15, 0.2) is 4.32 Å². The van der Waals surface area contributed by atoms with Crippen LogP contribution in [0.15, 0.2) is 51.8 Å². The van der Waals surface area contributed by atoms with Gasteiger partial charge < -0.3 is 4.74 Å². The molecule has 1 amide bonds. The fraction of sp³-hybridized carbons (Fsp3) is 0.158. The number of carbonyl (C=O) groups excluding carboxylic acids is 1. The van der Waals surface area contributed by atoms with Gasteiger partial charge in [0.05, 0.1) is 21.7 Å². The fourth-order valence-electron chi connectivity index (χ4n) is 2.41. The number of thiocarbonyl (C=S) groups is 1. The third kappa shape index (κ3) is 3.97. The van der Waals surface area contributed by atoms with E-state index in [1.54, 1.807) is 4.90 Å². The zero-order valence-electron chi connectivity index (χ0n) is 13.8. The number of anilines is 1. The number of thioether (sulfide) groups is 1. The molecule has 2 aromatic carbocycles. The van der Waals surface area contributed by atoms with Crippen LogP contribution in [0.25, 0.3) is 6.08 Å². The maximum Gasteiger partial charge on any atom is 0.270 e. The number of amides is 1. The van der Waals surface area contributed by atoms with Gasteiger partial charge in [-0.1, -0.05) is 47.7 Å². The Kier molecular flexibility index (Phi) is 5.61. The van der Waals surface area contributed by atoms with Crippen molar-refractivity contribution in [3.05, 3.63) is 63.0 Å². The molecule has 1 fully saturated rings. The summed E-state index contributed by atoms with van der Waals surface area (Å²) in [6, 6.07) is 13.5. The first kappa shape index (κ1) is 18.2. The van der Waals surface area contributed by atoms with Gasteiger partial charge in [0.1, 0.15) is 5.75 Å². The molecule has 0 aromatic heterocycles. The molecule has 1 heterocycles. The third-order valence-electron chi connectivity index (χ3n) is 3.64. The second-order valence-corrected chi connectivity index (χ2v) is 8.01. The van der Waals surface area contributed by atoms with Crippen LogP contribution >= 0.6 is 39.9 Å². The van der Waals surface area contributed by atoms with Crippen LogP contribution in [0.5, 0.6) is 5.75 Å². The molecule has 0 spiro atoms. The summed E-state index contributed by atoms with van der Waals surface area (Å²) in [5, 5.41) is 0. The summed E-state index contributed by atoms with van der Waals surface area (Å²) in [6.07, 6.45) is 1.86. The molecule has 128 valence electrons. The van der Waals surface area contributed by atoms with E-state index in [-0.39, 0.29) is 5.91 Å². The van der Waals surface area contributed by atoms with Crippen molar-refractivity contribution in [3.8, 4) is 5.75 Å². The van der Waals surface area contributed by atoms with Gasteiger partial charge in [0.2, 0.25) is 0 Å². The van der Waals surface area contributed by atoms with Gasteiger partial charge in [-0.05, 0) is 65.7 Å². The topological polar surface area (TPSA) is 29.5 Å². The van der Waals surface area contributed by atoms with Gasteiger partial charge in [-0.3, -0.25) is 9.69 Å². The van der Waals surface area contributed by atoms with E-state index < -0.39 is 0 Å². The van der Waals surface area contributed by atoms with Gasteiger partial charge in [0, 0.05) is 0 Å². The molecule has 25 heavy (non-hydrogen) atoms. The SMILES string of the molecule is CCOc1ccc(/C=C2/SC(=S)N(c3ccc(C)cc3)C2=O)cc1Br. The van der Waals surface area contributed by atoms with Crippen molar-refractivity contribution < 1.29 is 9.53 Å². The van der Waals surface area contributed by atoms with Crippen molar-refractivity contribution >= 4 is 61.9 Å². The van der Waals surface area contributed by atoms with Gasteiger partial charge in [-0.25, -0.2) is 0 Å². The van der Waals surface area contributed by atoms with Crippen LogP contribution in [0.4, 0.5) is 5.69 Å². The summed E-state index contributed by atoms with van der Waals surface area (Å²) < 4.78 is 6.92. The Labute approximate surface area is 165 Å². The summed E-state index contributed by atoms with van der Waals surface area (Å²) in [5.74, 6) is 0.690. The molecule has 0 atom stereocenters. The number of benzene rings is 2. The van der Waals surface area contributed by atoms with E-state index in [1.165, 1.54) is 11.8 Å². The molecule has 1 saturated heterocycles. The summed E-state index contributed by atoms with van der Waals surface area (Å²) in [4.78, 5) is 15.0. The van der Waals surface area contributed by atoms with Crippen LogP contribution in [0.2, 0.25) is 0 Å². The highest BCUT2D eigenvalue weighted by molar-refractivity contribution is 9.10. The molecule has 0 bridgehead atoms. The zero-order valence-corrected chi connectivity index (χ0v) is 17.0. The summed E-state index contributed by atoms with van der Waals surface area (Å²) in [5.41, 5.74) is 2.85. The number of nitrogens with zero attached hydrogens (tertiary/aromatic N) is 1. The normalized spacial score (nSPS) is 16.0. The maximum absolute atomic E-state index is 12.8. The van der Waals surface area contributed by atoms with Crippen LogP contribution < -0.4 is 9.64 Å². The molecule has 6 heteroatoms. The minimum absolute atomic E-state index is 0.0936. The predicted octanol–water partition coefficient (Wildman–Crippen LogP) is 5.56. The molecule has 3 nitrogen and oxygen atoms in total. The molecule has 2 aromatic rings. The highest BCUT2D eigenvalue weighted by Crippen LogP contribution is 2.36. The van der Waals surface area contributed by atoms with Crippen molar-refractivity contribution in [2.24, 2.45) is 0 Å². The monoisotopic (exact) mass is 433 g/mol. The first-order valence-electron chi connectivity index (χ1n) is 7.76. The molecule has 1 aliphatic heterocycles. The van der Waals surface area contributed by atoms with Crippen LogP contribution in [-0.4, -0.2) is 16.8 Å². The number of carbonyl (C=O) groups is 1. The Morgan fingerprint density at radius 1 is 1.24 bits per heavy atom. The lowest BCUT2D eigenvalue weighted by Gasteiger charge is -2.14. The Hall–Kier alpha value is -1.63. The molecule has 0 unspecified atom stereocenters. The van der Waals surface area contributed by atoms with Gasteiger partial charge in [0.25, 0.3) is 5.91 Å². The lowest BCUT2D eigenvalue weighted by atomic mass is 10.2. The van der Waals surface area contributed by atoms with Gasteiger partial charge >= 0.3 is 0 Å². The minimum Gasteiger partial charge on any atom is -0.493 e. The zero-order chi connectivity index (χ0) is 18.0. The van der Waals surface area contributed by atoms with Crippen LogP contribution in [0.1, 0.15) is 18.1 Å². The molecule has 3 rings (SSSR count). The van der Waals surface area contributed by atoms with E-state index in [1.807, 2.05) is 62.4 Å². The summed E-state index contributed by atoms with van der Waals surface area (Å²) in [7, 11) is 0. The predicted molar refractivity (Wildman–Crippen MR) is 112 cm³/mol. The Balaban J connectivity index is 1.87. The Morgan fingerprint density at radius 2 is 1.96 bits per heavy atom. The van der Waals surface area contributed by atoms with E-state index >= 15 is 0 Å². The minimum atomic E-state index is -0.0936. The van der Waals surface area contributed by atoms with Crippen molar-refractivity contribution in [3.63, 3.8) is 0 Å². The first-order chi connectivity index (χ1) is 12.0. The van der Waals surface area contributed by atoms with E-state index in [2.05, 4.69) is 15.9 Å². The second kappa shape index (κ2) is 7.72. The Bertz CT molecular complexity index is 862. The summed E-state index contributed by atoms with van der Waals surface area (Å²) >= 11 is 10.2. The van der Waals surface area contributed by atoms with Gasteiger partial charge in [-0.2, -0.15) is 0 Å². The average molecular weight is 434 g/mol. The number of rotatable bonds is 4. The van der Waals surface area contributed by atoms with Crippen LogP contribution in [-0.2, 0) is 4.79 Å². The van der Waals surface area contributed by atoms with E-state index in [0.717, 1.165) is 27.0 Å². The molecular weight excluding hydrogens is 418 g/mol. The van der Waals surface area contributed by atoms with Crippen molar-refractivity contribution in [1.82, 2.24) is 0 Å². The van der Waals surface area contributed by atoms with Crippen LogP contribution in [0.3, 0.4) is 0 Å². The van der Waals surface area contributed by atoms with E-state index in [0.29, 0.717) is 15.8 Å². The number of ether oxygens (including phenoxy) is 1. The lowest BCUT2D eigenvalue weighted by molar-refractivity contribution is -0.113. The highest BCUT2D eigenvalue weighted by atomic mass is 79.9. The molecule has 0 aliphatic carbocycles. The number of aryl methyl sites for hydroxylation is 1. The van der Waals surface area contributed by atoms with Crippen LogP contribution in [0, 0.1) is 6.92 Å². The number of halogens is 1. The molecule has 0 saturated carbocycles. The average Bonchev–Trinajstić information content (AvgIpc) is 2.85. The van der Waals surface area contributed by atoms with Crippen molar-refractivity contribution in [1.29, 1.82) is 0 Å². The van der Waals surface area contributed by atoms with Gasteiger partial charge in [-0.15, -0.1) is 0 Å². The molecule has 0 radical (unpaired) electrons.